The van der Waals surface area contributed by atoms with E-state index in [0.717, 1.165) is 66.7 Å². The summed E-state index contributed by atoms with van der Waals surface area (Å²) in [6.45, 7) is 4.25. The molecule has 1 aromatic heterocycles. The molecule has 0 amide bonds. The number of benzene rings is 2. The number of nitrogens with zero attached hydrogens (tertiary/aromatic N) is 3. The Balaban J connectivity index is 1.46. The Morgan fingerprint density at radius 1 is 1.10 bits per heavy atom. The Kier molecular flexibility index (Phi) is 5.76. The molecule has 31 heavy (non-hydrogen) atoms. The molecular weight excluding hydrogens is 414 g/mol. The van der Waals surface area contributed by atoms with Gasteiger partial charge in [0.1, 0.15) is 6.61 Å². The molecule has 0 atom stereocenters. The van der Waals surface area contributed by atoms with Gasteiger partial charge in [0.2, 0.25) is 0 Å². The third-order valence-corrected chi connectivity index (χ3v) is 6.12. The molecule has 7 heteroatoms. The number of morpholine rings is 1. The molecule has 5 rings (SSSR count). The molecule has 1 saturated heterocycles. The molecular formula is C24H24ClN3O3. The van der Waals surface area contributed by atoms with Crippen molar-refractivity contribution in [3.05, 3.63) is 70.4 Å². The van der Waals surface area contributed by atoms with Crippen LogP contribution in [-0.4, -0.2) is 60.1 Å². The fraction of sp³-hybridized carbons (Fsp3) is 0.333. The van der Waals surface area contributed by atoms with Crippen LogP contribution in [-0.2, 0) is 22.3 Å². The summed E-state index contributed by atoms with van der Waals surface area (Å²) < 4.78 is 12.9. The zero-order valence-electron chi connectivity index (χ0n) is 17.2. The molecule has 3 aromatic rings. The van der Waals surface area contributed by atoms with E-state index in [2.05, 4.69) is 4.90 Å². The van der Waals surface area contributed by atoms with Crippen LogP contribution in [0.1, 0.15) is 21.6 Å². The van der Waals surface area contributed by atoms with Crippen LogP contribution in [0, 0.1) is 0 Å². The van der Waals surface area contributed by atoms with Crippen LogP contribution in [0.25, 0.3) is 16.9 Å². The molecule has 2 heterocycles. The second kappa shape index (κ2) is 8.83. The van der Waals surface area contributed by atoms with Gasteiger partial charge in [0.05, 0.1) is 24.6 Å². The minimum atomic E-state index is -0.364. The average molecular weight is 438 g/mol. The van der Waals surface area contributed by atoms with Crippen LogP contribution in [0.15, 0.2) is 48.5 Å². The number of ether oxygens (including phenoxy) is 2. The monoisotopic (exact) mass is 437 g/mol. The Labute approximate surface area is 186 Å². The van der Waals surface area contributed by atoms with Crippen molar-refractivity contribution in [2.24, 2.45) is 0 Å². The zero-order valence-corrected chi connectivity index (χ0v) is 18.0. The molecule has 6 nitrogen and oxygen atoms in total. The lowest BCUT2D eigenvalue weighted by molar-refractivity contribution is 0.0192. The summed E-state index contributed by atoms with van der Waals surface area (Å²) >= 11 is 6.23. The van der Waals surface area contributed by atoms with E-state index < -0.39 is 0 Å². The number of carbonyl (C=O) groups is 1. The molecule has 1 fully saturated rings. The molecule has 0 bridgehead atoms. The van der Waals surface area contributed by atoms with Gasteiger partial charge in [-0.25, -0.2) is 9.48 Å². The van der Waals surface area contributed by atoms with E-state index in [0.29, 0.717) is 18.8 Å². The Morgan fingerprint density at radius 2 is 1.90 bits per heavy atom. The largest absolute Gasteiger partial charge is 0.460 e. The van der Waals surface area contributed by atoms with Gasteiger partial charge < -0.3 is 9.47 Å². The van der Waals surface area contributed by atoms with E-state index in [1.807, 2.05) is 53.2 Å². The van der Waals surface area contributed by atoms with Gasteiger partial charge in [-0.05, 0) is 42.7 Å². The summed E-state index contributed by atoms with van der Waals surface area (Å²) in [5, 5.41) is 5.44. The minimum absolute atomic E-state index is 0.345. The van der Waals surface area contributed by atoms with Crippen molar-refractivity contribution >= 4 is 17.6 Å². The van der Waals surface area contributed by atoms with E-state index in [9.17, 15) is 4.79 Å². The molecule has 2 aromatic carbocycles. The van der Waals surface area contributed by atoms with Crippen molar-refractivity contribution in [1.82, 2.24) is 14.7 Å². The fourth-order valence-electron chi connectivity index (χ4n) is 4.30. The van der Waals surface area contributed by atoms with Gasteiger partial charge in [0.25, 0.3) is 0 Å². The number of hydrogen-bond donors (Lipinski definition) is 0. The van der Waals surface area contributed by atoms with Gasteiger partial charge in [0, 0.05) is 35.8 Å². The first-order valence-electron chi connectivity index (χ1n) is 10.6. The van der Waals surface area contributed by atoms with Crippen molar-refractivity contribution in [3.63, 3.8) is 0 Å². The highest BCUT2D eigenvalue weighted by atomic mass is 35.5. The number of fused-ring (bicyclic) bond motifs is 3. The number of halogens is 1. The van der Waals surface area contributed by atoms with E-state index in [1.54, 1.807) is 0 Å². The van der Waals surface area contributed by atoms with Gasteiger partial charge >= 0.3 is 5.97 Å². The Morgan fingerprint density at radius 3 is 2.71 bits per heavy atom. The number of carbonyl (C=O) groups excluding carboxylic acids is 1. The van der Waals surface area contributed by atoms with E-state index >= 15 is 0 Å². The minimum Gasteiger partial charge on any atom is -0.460 e. The zero-order chi connectivity index (χ0) is 21.2. The van der Waals surface area contributed by atoms with Crippen LogP contribution in [0.5, 0.6) is 0 Å². The average Bonchev–Trinajstić information content (AvgIpc) is 3.20. The van der Waals surface area contributed by atoms with Crippen LogP contribution in [0.3, 0.4) is 0 Å². The van der Waals surface area contributed by atoms with Gasteiger partial charge in [-0.2, -0.15) is 5.10 Å². The number of aryl methyl sites for hydroxylation is 1. The Bertz CT molecular complexity index is 1090. The molecule has 160 valence electrons. The van der Waals surface area contributed by atoms with Crippen molar-refractivity contribution in [2.75, 3.05) is 39.5 Å². The number of esters is 1. The number of rotatable bonds is 5. The molecule has 0 unspecified atom stereocenters. The topological polar surface area (TPSA) is 56.6 Å². The summed E-state index contributed by atoms with van der Waals surface area (Å²) in [7, 11) is 0. The van der Waals surface area contributed by atoms with Gasteiger partial charge in [0.15, 0.2) is 5.69 Å². The van der Waals surface area contributed by atoms with Gasteiger partial charge in [-0.1, -0.05) is 35.9 Å². The summed E-state index contributed by atoms with van der Waals surface area (Å²) in [5.74, 6) is -0.364. The SMILES string of the molecule is O=C(OCCN1CCOCC1)c1nn(-c2ccccc2)c2c1CCc1cc(Cl)ccc1-2. The summed E-state index contributed by atoms with van der Waals surface area (Å²) in [6, 6.07) is 15.8. The smallest absolute Gasteiger partial charge is 0.359 e. The van der Waals surface area contributed by atoms with Crippen molar-refractivity contribution in [3.8, 4) is 16.9 Å². The maximum absolute atomic E-state index is 13.0. The van der Waals surface area contributed by atoms with Gasteiger partial charge in [-0.3, -0.25) is 4.90 Å². The van der Waals surface area contributed by atoms with Crippen molar-refractivity contribution in [2.45, 2.75) is 12.8 Å². The van der Waals surface area contributed by atoms with Crippen LogP contribution in [0.4, 0.5) is 0 Å². The number of hydrogen-bond acceptors (Lipinski definition) is 5. The van der Waals surface area contributed by atoms with Crippen molar-refractivity contribution in [1.29, 1.82) is 0 Å². The standard InChI is InChI=1S/C24H24ClN3O3/c25-18-7-9-20-17(16-18)6-8-21-22(24(29)31-15-12-27-10-13-30-14-11-27)26-28(23(20)21)19-4-2-1-3-5-19/h1-5,7,9,16H,6,8,10-15H2. The number of aromatic nitrogens is 2. The first kappa shape index (κ1) is 20.2. The molecule has 1 aliphatic heterocycles. The van der Waals surface area contributed by atoms with Crippen molar-refractivity contribution < 1.29 is 14.3 Å². The second-order valence-corrected chi connectivity index (χ2v) is 8.25. The quantitative estimate of drug-likeness (QED) is 0.568. The first-order chi connectivity index (χ1) is 15.2. The highest BCUT2D eigenvalue weighted by Gasteiger charge is 2.29. The fourth-order valence-corrected chi connectivity index (χ4v) is 4.50. The predicted molar refractivity (Wildman–Crippen MR) is 119 cm³/mol. The number of para-hydroxylation sites is 1. The van der Waals surface area contributed by atoms with Crippen LogP contribution >= 0.6 is 11.6 Å². The third kappa shape index (κ3) is 4.11. The molecule has 0 saturated carbocycles. The summed E-state index contributed by atoms with van der Waals surface area (Å²) in [5.41, 5.74) is 5.44. The van der Waals surface area contributed by atoms with Gasteiger partial charge in [-0.15, -0.1) is 0 Å². The molecule has 0 radical (unpaired) electrons. The van der Waals surface area contributed by atoms with E-state index in [1.165, 1.54) is 5.56 Å². The normalized spacial score (nSPS) is 15.9. The lowest BCUT2D eigenvalue weighted by Gasteiger charge is -2.26. The van der Waals surface area contributed by atoms with Crippen LogP contribution in [0.2, 0.25) is 5.02 Å². The summed E-state index contributed by atoms with van der Waals surface area (Å²) in [4.78, 5) is 15.3. The lowest BCUT2D eigenvalue weighted by atomic mass is 9.89. The molecule has 2 aliphatic rings. The third-order valence-electron chi connectivity index (χ3n) is 5.89. The first-order valence-corrected chi connectivity index (χ1v) is 11.0. The lowest BCUT2D eigenvalue weighted by Crippen LogP contribution is -2.38. The van der Waals surface area contributed by atoms with E-state index in [4.69, 9.17) is 26.2 Å². The molecule has 0 spiro atoms. The molecule has 0 N–H and O–H groups in total. The maximum atomic E-state index is 13.0. The second-order valence-electron chi connectivity index (χ2n) is 7.81. The van der Waals surface area contributed by atoms with E-state index in [-0.39, 0.29) is 5.97 Å². The highest BCUT2D eigenvalue weighted by molar-refractivity contribution is 6.30. The van der Waals surface area contributed by atoms with Crippen LogP contribution < -0.4 is 0 Å². The summed E-state index contributed by atoms with van der Waals surface area (Å²) in [6.07, 6.45) is 1.54. The maximum Gasteiger partial charge on any atom is 0.359 e. The predicted octanol–water partition coefficient (Wildman–Crippen LogP) is 3.78. The molecule has 1 aliphatic carbocycles. The highest BCUT2D eigenvalue weighted by Crippen LogP contribution is 2.38. The Hall–Kier alpha value is -2.67.